The number of rotatable bonds is 9. The molecule has 28 heavy (non-hydrogen) atoms. The molecule has 0 aliphatic carbocycles. The Kier molecular flexibility index (Phi) is 7.05. The number of carbonyl (C=O) groups excluding carboxylic acids is 3. The van der Waals surface area contributed by atoms with Crippen LogP contribution in [0.25, 0.3) is 0 Å². The molecule has 2 N–H and O–H groups in total. The van der Waals surface area contributed by atoms with Crippen molar-refractivity contribution in [3.63, 3.8) is 0 Å². The first-order valence-corrected chi connectivity index (χ1v) is 9.81. The fourth-order valence-corrected chi connectivity index (χ4v) is 3.40. The molecule has 1 aliphatic rings. The smallest absolute Gasteiger partial charge is 0.325 e. The summed E-state index contributed by atoms with van der Waals surface area (Å²) in [6.45, 7) is 7.74. The summed E-state index contributed by atoms with van der Waals surface area (Å²) in [5.74, 6) is 0.481. The largest absolute Gasteiger partial charge is 0.497 e. The molecule has 0 spiro atoms. The van der Waals surface area contributed by atoms with Crippen LogP contribution in [0.1, 0.15) is 52.5 Å². The van der Waals surface area contributed by atoms with E-state index < -0.39 is 17.5 Å². The Hall–Kier alpha value is -2.57. The van der Waals surface area contributed by atoms with Crippen LogP contribution in [0.2, 0.25) is 0 Å². The summed E-state index contributed by atoms with van der Waals surface area (Å²) < 4.78 is 5.16. The summed E-state index contributed by atoms with van der Waals surface area (Å²) in [6, 6.07) is 6.47. The van der Waals surface area contributed by atoms with E-state index in [2.05, 4.69) is 24.5 Å². The van der Waals surface area contributed by atoms with E-state index in [0.717, 1.165) is 17.7 Å². The maximum absolute atomic E-state index is 13.1. The monoisotopic (exact) mass is 389 g/mol. The van der Waals surface area contributed by atoms with E-state index in [1.165, 1.54) is 0 Å². The molecule has 2 rings (SSSR count). The molecule has 2 atom stereocenters. The number of amides is 4. The van der Waals surface area contributed by atoms with Gasteiger partial charge in [-0.3, -0.25) is 14.5 Å². The van der Waals surface area contributed by atoms with Crippen molar-refractivity contribution in [2.24, 2.45) is 5.92 Å². The van der Waals surface area contributed by atoms with Crippen LogP contribution in [0.15, 0.2) is 24.3 Å². The quantitative estimate of drug-likeness (QED) is 0.636. The standard InChI is InChI=1S/C21H31N3O4/c1-6-21(16-9-11-17(28-5)12-10-16)19(26)24(20(27)23-21)13-18(25)22-15(4)8-7-14(2)3/h9-12,14-15H,6-8,13H2,1-5H3,(H,22,25)(H,23,27)/t15-,21-/m0/s1. The van der Waals surface area contributed by atoms with Crippen LogP contribution in [0.5, 0.6) is 5.75 Å². The highest BCUT2D eigenvalue weighted by Gasteiger charge is 2.51. The highest BCUT2D eigenvalue weighted by Crippen LogP contribution is 2.33. The molecule has 0 unspecified atom stereocenters. The van der Waals surface area contributed by atoms with Gasteiger partial charge in [-0.2, -0.15) is 0 Å². The van der Waals surface area contributed by atoms with Gasteiger partial charge in [-0.1, -0.05) is 32.9 Å². The molecule has 0 aromatic heterocycles. The minimum absolute atomic E-state index is 0.00631. The van der Waals surface area contributed by atoms with Gasteiger partial charge in [0.1, 0.15) is 17.8 Å². The highest BCUT2D eigenvalue weighted by atomic mass is 16.5. The topological polar surface area (TPSA) is 87.7 Å². The zero-order valence-corrected chi connectivity index (χ0v) is 17.4. The van der Waals surface area contributed by atoms with Crippen LogP contribution < -0.4 is 15.4 Å². The van der Waals surface area contributed by atoms with Crippen LogP contribution >= 0.6 is 0 Å². The molecular weight excluding hydrogens is 358 g/mol. The maximum Gasteiger partial charge on any atom is 0.325 e. The molecule has 154 valence electrons. The van der Waals surface area contributed by atoms with Crippen LogP contribution in [-0.2, 0) is 15.1 Å². The van der Waals surface area contributed by atoms with Crippen molar-refractivity contribution in [1.82, 2.24) is 15.5 Å². The summed E-state index contributed by atoms with van der Waals surface area (Å²) in [7, 11) is 1.57. The Morgan fingerprint density at radius 2 is 1.82 bits per heavy atom. The number of urea groups is 1. The first-order valence-electron chi connectivity index (χ1n) is 9.81. The lowest BCUT2D eigenvalue weighted by Crippen LogP contribution is -2.45. The van der Waals surface area contributed by atoms with Gasteiger partial charge < -0.3 is 15.4 Å². The van der Waals surface area contributed by atoms with Crippen molar-refractivity contribution < 1.29 is 19.1 Å². The maximum atomic E-state index is 13.1. The molecule has 1 saturated heterocycles. The minimum Gasteiger partial charge on any atom is -0.497 e. The fourth-order valence-electron chi connectivity index (χ4n) is 3.40. The zero-order valence-electron chi connectivity index (χ0n) is 17.4. The van der Waals surface area contributed by atoms with Crippen LogP contribution in [0.3, 0.4) is 0 Å². The number of ether oxygens (including phenoxy) is 1. The summed E-state index contributed by atoms with van der Waals surface area (Å²) in [5, 5.41) is 5.66. The predicted octanol–water partition coefficient (Wildman–Crippen LogP) is 2.79. The third kappa shape index (κ3) is 4.64. The first kappa shape index (κ1) is 21.7. The Bertz CT molecular complexity index is 717. The van der Waals surface area contributed by atoms with Crippen LogP contribution in [0, 0.1) is 5.92 Å². The summed E-state index contributed by atoms with van der Waals surface area (Å²) in [5.41, 5.74) is -0.491. The molecule has 1 aromatic rings. The Labute approximate surface area is 166 Å². The SMILES string of the molecule is CC[C@@]1(c2ccc(OC)cc2)NC(=O)N(CC(=O)N[C@@H](C)CCC(C)C)C1=O. The molecular formula is C21H31N3O4. The average Bonchev–Trinajstić information content (AvgIpc) is 2.91. The number of methoxy groups -OCH3 is 1. The van der Waals surface area contributed by atoms with Crippen LogP contribution in [0.4, 0.5) is 4.79 Å². The molecule has 1 fully saturated rings. The fraction of sp³-hybridized carbons (Fsp3) is 0.571. The number of nitrogens with zero attached hydrogens (tertiary/aromatic N) is 1. The lowest BCUT2D eigenvalue weighted by atomic mass is 9.87. The summed E-state index contributed by atoms with van der Waals surface area (Å²) in [6.07, 6.45) is 2.24. The number of hydrogen-bond acceptors (Lipinski definition) is 4. The normalized spacial score (nSPS) is 20.3. The Balaban J connectivity index is 2.09. The third-order valence-corrected chi connectivity index (χ3v) is 5.18. The number of carbonyl (C=O) groups is 3. The van der Waals surface area contributed by atoms with Gasteiger partial charge in [0, 0.05) is 6.04 Å². The van der Waals surface area contributed by atoms with Crippen molar-refractivity contribution in [3.05, 3.63) is 29.8 Å². The van der Waals surface area contributed by atoms with Gasteiger partial charge in [-0.25, -0.2) is 4.79 Å². The van der Waals surface area contributed by atoms with Crippen molar-refractivity contribution in [2.75, 3.05) is 13.7 Å². The zero-order chi connectivity index (χ0) is 20.9. The van der Waals surface area contributed by atoms with Crippen molar-refractivity contribution in [3.8, 4) is 5.75 Å². The van der Waals surface area contributed by atoms with Gasteiger partial charge in [0.05, 0.1) is 7.11 Å². The molecule has 0 radical (unpaired) electrons. The molecule has 4 amide bonds. The second-order valence-corrected chi connectivity index (χ2v) is 7.75. The van der Waals surface area contributed by atoms with E-state index in [9.17, 15) is 14.4 Å². The molecule has 7 heteroatoms. The molecule has 1 aromatic carbocycles. The summed E-state index contributed by atoms with van der Waals surface area (Å²) >= 11 is 0. The third-order valence-electron chi connectivity index (χ3n) is 5.18. The van der Waals surface area contributed by atoms with E-state index in [1.54, 1.807) is 31.4 Å². The van der Waals surface area contributed by atoms with E-state index in [-0.39, 0.29) is 18.5 Å². The molecule has 0 bridgehead atoms. The van der Waals surface area contributed by atoms with E-state index in [0.29, 0.717) is 23.7 Å². The average molecular weight is 389 g/mol. The van der Waals surface area contributed by atoms with Gasteiger partial charge in [0.15, 0.2) is 0 Å². The predicted molar refractivity (Wildman–Crippen MR) is 107 cm³/mol. The van der Waals surface area contributed by atoms with E-state index in [4.69, 9.17) is 4.74 Å². The number of imide groups is 1. The Morgan fingerprint density at radius 3 is 2.36 bits per heavy atom. The van der Waals surface area contributed by atoms with Crippen molar-refractivity contribution in [1.29, 1.82) is 0 Å². The molecule has 7 nitrogen and oxygen atoms in total. The van der Waals surface area contributed by atoms with Gasteiger partial charge in [-0.05, 0) is 49.8 Å². The van der Waals surface area contributed by atoms with Gasteiger partial charge >= 0.3 is 6.03 Å². The Morgan fingerprint density at radius 1 is 1.18 bits per heavy atom. The second-order valence-electron chi connectivity index (χ2n) is 7.75. The molecule has 1 heterocycles. The highest BCUT2D eigenvalue weighted by molar-refractivity contribution is 6.09. The van der Waals surface area contributed by atoms with Crippen molar-refractivity contribution >= 4 is 17.8 Å². The number of benzene rings is 1. The van der Waals surface area contributed by atoms with Gasteiger partial charge in [0.25, 0.3) is 5.91 Å². The van der Waals surface area contributed by atoms with Crippen LogP contribution in [-0.4, -0.2) is 42.4 Å². The number of hydrogen-bond donors (Lipinski definition) is 2. The lowest BCUT2D eigenvalue weighted by Gasteiger charge is -2.26. The van der Waals surface area contributed by atoms with Gasteiger partial charge in [0.2, 0.25) is 5.91 Å². The van der Waals surface area contributed by atoms with Gasteiger partial charge in [-0.15, -0.1) is 0 Å². The number of nitrogens with one attached hydrogen (secondary N) is 2. The first-order chi connectivity index (χ1) is 13.2. The second kappa shape index (κ2) is 9.08. The van der Waals surface area contributed by atoms with Crippen molar-refractivity contribution in [2.45, 2.75) is 58.5 Å². The van der Waals surface area contributed by atoms with E-state index >= 15 is 0 Å². The van der Waals surface area contributed by atoms with E-state index in [1.807, 2.05) is 13.8 Å². The summed E-state index contributed by atoms with van der Waals surface area (Å²) in [4.78, 5) is 38.9. The lowest BCUT2D eigenvalue weighted by molar-refractivity contribution is -0.135. The molecule has 0 saturated carbocycles. The minimum atomic E-state index is -1.16. The molecule has 1 aliphatic heterocycles.